The van der Waals surface area contributed by atoms with E-state index in [1.807, 2.05) is 0 Å². The normalized spacial score (nSPS) is 19.1. The van der Waals surface area contributed by atoms with Crippen LogP contribution in [0.25, 0.3) is 0 Å². The van der Waals surface area contributed by atoms with Crippen molar-refractivity contribution in [1.82, 2.24) is 4.90 Å². The lowest BCUT2D eigenvalue weighted by Crippen LogP contribution is -2.62. The number of hydrogen-bond acceptors (Lipinski definition) is 3. The van der Waals surface area contributed by atoms with Gasteiger partial charge in [-0.15, -0.1) is 0 Å². The van der Waals surface area contributed by atoms with Crippen molar-refractivity contribution in [3.63, 3.8) is 0 Å². The summed E-state index contributed by atoms with van der Waals surface area (Å²) in [5, 5.41) is 18.2. The van der Waals surface area contributed by atoms with Gasteiger partial charge in [0.15, 0.2) is 0 Å². The molecule has 1 aliphatic rings. The van der Waals surface area contributed by atoms with Crippen molar-refractivity contribution in [3.05, 3.63) is 0 Å². The Balaban J connectivity index is 2.43. The lowest BCUT2D eigenvalue weighted by molar-refractivity contribution is -0.155. The van der Waals surface area contributed by atoms with Gasteiger partial charge in [0.2, 0.25) is 5.91 Å². The van der Waals surface area contributed by atoms with Gasteiger partial charge in [-0.05, 0) is 12.3 Å². The highest BCUT2D eigenvalue weighted by Crippen LogP contribution is 2.29. The fraction of sp³-hybridized carbons (Fsp3) is 0.818. The van der Waals surface area contributed by atoms with Gasteiger partial charge in [-0.2, -0.15) is 0 Å². The Morgan fingerprint density at radius 3 is 2.19 bits per heavy atom. The van der Waals surface area contributed by atoms with E-state index in [2.05, 4.69) is 0 Å². The molecule has 0 aliphatic carbocycles. The van der Waals surface area contributed by atoms with Gasteiger partial charge in [0, 0.05) is 6.42 Å². The number of rotatable bonds is 4. The molecule has 1 rings (SSSR count). The highest BCUT2D eigenvalue weighted by Gasteiger charge is 2.40. The van der Waals surface area contributed by atoms with Crippen LogP contribution in [0.1, 0.15) is 33.6 Å². The average Bonchev–Trinajstić information content (AvgIpc) is 1.95. The molecule has 0 aromatic rings. The van der Waals surface area contributed by atoms with Crippen molar-refractivity contribution < 1.29 is 19.8 Å². The molecule has 0 saturated carbocycles. The summed E-state index contributed by atoms with van der Waals surface area (Å²) < 4.78 is 0. The molecular formula is C11H19NO4. The van der Waals surface area contributed by atoms with Crippen LogP contribution in [-0.4, -0.2) is 45.7 Å². The lowest BCUT2D eigenvalue weighted by atomic mass is 9.84. The largest absolute Gasteiger partial charge is 0.481 e. The van der Waals surface area contributed by atoms with Crippen molar-refractivity contribution >= 4 is 11.9 Å². The number of hydrogen-bond donors (Lipinski definition) is 2. The van der Waals surface area contributed by atoms with Gasteiger partial charge in [-0.25, -0.2) is 0 Å². The second kappa shape index (κ2) is 4.05. The summed E-state index contributed by atoms with van der Waals surface area (Å²) in [5.41, 5.74) is -1.31. The van der Waals surface area contributed by atoms with Crippen LogP contribution in [0.15, 0.2) is 0 Å². The van der Waals surface area contributed by atoms with Gasteiger partial charge >= 0.3 is 5.97 Å². The number of nitrogens with zero attached hydrogens (tertiary/aromatic N) is 1. The second-order valence-electron chi connectivity index (χ2n) is 5.66. The minimum Gasteiger partial charge on any atom is -0.481 e. The average molecular weight is 229 g/mol. The van der Waals surface area contributed by atoms with Crippen LogP contribution in [0.4, 0.5) is 0 Å². The van der Waals surface area contributed by atoms with E-state index in [0.717, 1.165) is 0 Å². The zero-order chi connectivity index (χ0) is 12.6. The summed E-state index contributed by atoms with van der Waals surface area (Å²) in [6.45, 7) is 5.89. The Morgan fingerprint density at radius 2 is 1.81 bits per heavy atom. The number of carbonyl (C=O) groups is 2. The Kier molecular flexibility index (Phi) is 3.28. The molecule has 0 spiro atoms. The third-order valence-corrected chi connectivity index (χ3v) is 2.68. The molecular weight excluding hydrogens is 210 g/mol. The van der Waals surface area contributed by atoms with Crippen LogP contribution < -0.4 is 0 Å². The molecule has 16 heavy (non-hydrogen) atoms. The second-order valence-corrected chi connectivity index (χ2v) is 5.66. The van der Waals surface area contributed by atoms with E-state index >= 15 is 0 Å². The Bertz CT molecular complexity index is 301. The predicted octanol–water partition coefficient (Wildman–Crippen LogP) is 0.471. The van der Waals surface area contributed by atoms with Crippen molar-refractivity contribution in [2.75, 3.05) is 13.1 Å². The van der Waals surface area contributed by atoms with E-state index in [1.54, 1.807) is 25.7 Å². The van der Waals surface area contributed by atoms with E-state index in [9.17, 15) is 14.7 Å². The summed E-state index contributed by atoms with van der Waals surface area (Å²) in [4.78, 5) is 23.9. The van der Waals surface area contributed by atoms with Crippen LogP contribution in [-0.2, 0) is 9.59 Å². The molecule has 1 saturated heterocycles. The molecule has 1 amide bonds. The van der Waals surface area contributed by atoms with Gasteiger partial charge in [0.05, 0.1) is 25.1 Å². The van der Waals surface area contributed by atoms with Gasteiger partial charge in [0.25, 0.3) is 0 Å². The van der Waals surface area contributed by atoms with Gasteiger partial charge in [-0.3, -0.25) is 9.59 Å². The Morgan fingerprint density at radius 1 is 1.31 bits per heavy atom. The van der Waals surface area contributed by atoms with Gasteiger partial charge in [-0.1, -0.05) is 13.8 Å². The van der Waals surface area contributed by atoms with E-state index in [0.29, 0.717) is 13.1 Å². The summed E-state index contributed by atoms with van der Waals surface area (Å²) in [6, 6.07) is 0. The maximum Gasteiger partial charge on any atom is 0.303 e. The Hall–Kier alpha value is -1.10. The molecule has 0 bridgehead atoms. The molecule has 1 aliphatic heterocycles. The number of β-amino-alcohol motifs (C(OH)–C–C–N with tert-alkyl or cyclic N) is 1. The maximum atomic E-state index is 11.7. The van der Waals surface area contributed by atoms with Gasteiger partial charge in [0.1, 0.15) is 0 Å². The zero-order valence-corrected chi connectivity index (χ0v) is 9.99. The topological polar surface area (TPSA) is 77.8 Å². The van der Waals surface area contributed by atoms with E-state index in [-0.39, 0.29) is 18.7 Å². The van der Waals surface area contributed by atoms with Crippen LogP contribution in [0.2, 0.25) is 0 Å². The number of aliphatic hydroxyl groups is 1. The zero-order valence-electron chi connectivity index (χ0n) is 9.99. The van der Waals surface area contributed by atoms with Crippen LogP contribution >= 0.6 is 0 Å². The third kappa shape index (κ3) is 3.48. The molecule has 0 aromatic carbocycles. The fourth-order valence-electron chi connectivity index (χ4n) is 1.95. The van der Waals surface area contributed by atoms with E-state index in [4.69, 9.17) is 5.11 Å². The standard InChI is InChI=1S/C11H19NO4/c1-10(2,5-9(14)15)4-8(13)12-6-11(3,16)7-12/h16H,4-7H2,1-3H3,(H,14,15). The summed E-state index contributed by atoms with van der Waals surface area (Å²) >= 11 is 0. The first-order valence-corrected chi connectivity index (χ1v) is 5.33. The number of carboxylic acids is 1. The van der Waals surface area contributed by atoms with Crippen LogP contribution in [0.3, 0.4) is 0 Å². The highest BCUT2D eigenvalue weighted by molar-refractivity contribution is 5.79. The first-order valence-electron chi connectivity index (χ1n) is 5.33. The monoisotopic (exact) mass is 229 g/mol. The van der Waals surface area contributed by atoms with Crippen molar-refractivity contribution in [2.45, 2.75) is 39.2 Å². The maximum absolute atomic E-state index is 11.7. The Labute approximate surface area is 95.1 Å². The van der Waals surface area contributed by atoms with Crippen molar-refractivity contribution in [3.8, 4) is 0 Å². The fourth-order valence-corrected chi connectivity index (χ4v) is 1.95. The molecule has 1 heterocycles. The molecule has 1 fully saturated rings. The van der Waals surface area contributed by atoms with Crippen molar-refractivity contribution in [2.24, 2.45) is 5.41 Å². The third-order valence-electron chi connectivity index (χ3n) is 2.68. The van der Waals surface area contributed by atoms with E-state index in [1.165, 1.54) is 0 Å². The van der Waals surface area contributed by atoms with Crippen LogP contribution in [0, 0.1) is 5.41 Å². The van der Waals surface area contributed by atoms with Crippen molar-refractivity contribution in [1.29, 1.82) is 0 Å². The number of likely N-dealkylation sites (tertiary alicyclic amines) is 1. The number of amides is 1. The molecule has 5 nitrogen and oxygen atoms in total. The molecule has 0 atom stereocenters. The summed E-state index contributed by atoms with van der Waals surface area (Å²) in [7, 11) is 0. The number of carboxylic acid groups (broad SMARTS) is 1. The quantitative estimate of drug-likeness (QED) is 0.734. The molecule has 0 radical (unpaired) electrons. The first kappa shape index (κ1) is 13.0. The lowest BCUT2D eigenvalue weighted by Gasteiger charge is -2.45. The molecule has 92 valence electrons. The number of aliphatic carboxylic acids is 1. The van der Waals surface area contributed by atoms with Gasteiger partial charge < -0.3 is 15.1 Å². The summed E-state index contributed by atoms with van der Waals surface area (Å²) in [5.74, 6) is -0.980. The molecule has 5 heteroatoms. The minimum absolute atomic E-state index is 0.0248. The first-order chi connectivity index (χ1) is 7.11. The van der Waals surface area contributed by atoms with Crippen LogP contribution in [0.5, 0.6) is 0 Å². The number of carbonyl (C=O) groups excluding carboxylic acids is 1. The summed E-state index contributed by atoms with van der Waals surface area (Å²) in [6.07, 6.45) is 0.179. The molecule has 0 aromatic heterocycles. The SMILES string of the molecule is CC(C)(CC(=O)O)CC(=O)N1CC(C)(O)C1. The predicted molar refractivity (Wildman–Crippen MR) is 57.9 cm³/mol. The van der Waals surface area contributed by atoms with E-state index < -0.39 is 17.0 Å². The molecule has 0 unspecified atom stereocenters. The smallest absolute Gasteiger partial charge is 0.303 e. The highest BCUT2D eigenvalue weighted by atomic mass is 16.4. The minimum atomic E-state index is -0.895. The molecule has 2 N–H and O–H groups in total.